The van der Waals surface area contributed by atoms with Gasteiger partial charge in [-0.1, -0.05) is 20.3 Å². The van der Waals surface area contributed by atoms with E-state index in [1.807, 2.05) is 27.7 Å². The minimum absolute atomic E-state index is 0.351. The highest BCUT2D eigenvalue weighted by molar-refractivity contribution is 6.46. The summed E-state index contributed by atoms with van der Waals surface area (Å²) in [6.45, 7) is 18.9. The zero-order chi connectivity index (χ0) is 16.3. The van der Waals surface area contributed by atoms with Crippen LogP contribution in [0.15, 0.2) is 0 Å². The van der Waals surface area contributed by atoms with E-state index in [9.17, 15) is 0 Å². The predicted octanol–water partition coefficient (Wildman–Crippen LogP) is 3.57. The van der Waals surface area contributed by atoms with Crippen molar-refractivity contribution in [2.24, 2.45) is 5.92 Å². The van der Waals surface area contributed by atoms with Crippen LogP contribution < -0.4 is 0 Å². The quantitative estimate of drug-likeness (QED) is 0.746. The zero-order valence-corrected chi connectivity index (χ0v) is 15.1. The van der Waals surface area contributed by atoms with Gasteiger partial charge in [-0.3, -0.25) is 0 Å². The van der Waals surface area contributed by atoms with Gasteiger partial charge in [-0.25, -0.2) is 0 Å². The standard InChI is InChI=1S/C16H31BO4/c1-10-11(2)16(9)15(7,8)18-12(19-16)17-20-13(3,4)14(5,6)21-17/h11-12H,10H2,1-9H3. The Bertz CT molecular complexity index is 391. The summed E-state index contributed by atoms with van der Waals surface area (Å²) >= 11 is 0. The van der Waals surface area contributed by atoms with Gasteiger partial charge in [0, 0.05) is 0 Å². The van der Waals surface area contributed by atoms with Crippen LogP contribution >= 0.6 is 0 Å². The summed E-state index contributed by atoms with van der Waals surface area (Å²) in [5.74, 6) is 0.389. The topological polar surface area (TPSA) is 36.9 Å². The molecule has 0 N–H and O–H groups in total. The molecule has 0 radical (unpaired) electrons. The molecule has 2 fully saturated rings. The summed E-state index contributed by atoms with van der Waals surface area (Å²) in [5, 5.41) is 0. The second-order valence-electron chi connectivity index (χ2n) is 8.16. The van der Waals surface area contributed by atoms with Gasteiger partial charge in [-0.15, -0.1) is 0 Å². The van der Waals surface area contributed by atoms with E-state index >= 15 is 0 Å². The predicted molar refractivity (Wildman–Crippen MR) is 84.0 cm³/mol. The lowest BCUT2D eigenvalue weighted by Gasteiger charge is -2.39. The monoisotopic (exact) mass is 298 g/mol. The third-order valence-corrected chi connectivity index (χ3v) is 6.01. The Morgan fingerprint density at radius 3 is 1.76 bits per heavy atom. The van der Waals surface area contributed by atoms with Crippen molar-refractivity contribution in [2.45, 2.75) is 97.3 Å². The minimum atomic E-state index is -0.486. The maximum absolute atomic E-state index is 6.32. The normalized spacial score (nSPS) is 38.7. The molecular formula is C16H31BO4. The van der Waals surface area contributed by atoms with E-state index in [2.05, 4.69) is 34.6 Å². The highest BCUT2D eigenvalue weighted by atomic mass is 16.8. The second kappa shape index (κ2) is 4.95. The van der Waals surface area contributed by atoms with Crippen molar-refractivity contribution in [1.82, 2.24) is 0 Å². The van der Waals surface area contributed by atoms with Crippen molar-refractivity contribution in [2.75, 3.05) is 0 Å². The second-order valence-corrected chi connectivity index (χ2v) is 8.16. The molecule has 4 nitrogen and oxygen atoms in total. The average Bonchev–Trinajstić information content (AvgIpc) is 2.70. The van der Waals surface area contributed by atoms with Crippen molar-refractivity contribution in [1.29, 1.82) is 0 Å². The van der Waals surface area contributed by atoms with Gasteiger partial charge in [-0.05, 0) is 54.4 Å². The first-order chi connectivity index (χ1) is 9.36. The SMILES string of the molecule is CCC(C)C1(C)OC(B2OC(C)(C)C(C)(C)O2)OC1(C)C. The summed E-state index contributed by atoms with van der Waals surface area (Å²) in [6, 6.07) is 0. The Kier molecular flexibility index (Phi) is 4.07. The third-order valence-electron chi connectivity index (χ3n) is 6.01. The van der Waals surface area contributed by atoms with Gasteiger partial charge >= 0.3 is 7.12 Å². The van der Waals surface area contributed by atoms with E-state index in [1.165, 1.54) is 0 Å². The molecule has 2 aliphatic heterocycles. The molecule has 0 spiro atoms. The molecule has 2 aliphatic rings. The van der Waals surface area contributed by atoms with Crippen LogP contribution in [0.3, 0.4) is 0 Å². The van der Waals surface area contributed by atoms with Crippen molar-refractivity contribution in [3.8, 4) is 0 Å². The molecule has 0 aromatic carbocycles. The maximum atomic E-state index is 6.32. The first kappa shape index (κ1) is 17.3. The van der Waals surface area contributed by atoms with Crippen LogP contribution in [-0.2, 0) is 18.8 Å². The van der Waals surface area contributed by atoms with Gasteiger partial charge in [0.15, 0.2) is 6.19 Å². The molecule has 2 heterocycles. The first-order valence-corrected chi connectivity index (χ1v) is 8.07. The molecule has 2 saturated heterocycles. The number of hydrogen-bond acceptors (Lipinski definition) is 4. The Balaban J connectivity index is 2.19. The molecule has 2 rings (SSSR count). The number of rotatable bonds is 3. The van der Waals surface area contributed by atoms with Crippen molar-refractivity contribution >= 4 is 7.12 Å². The number of ether oxygens (including phenoxy) is 2. The summed E-state index contributed by atoms with van der Waals surface area (Å²) < 4.78 is 24.7. The van der Waals surface area contributed by atoms with E-state index in [0.29, 0.717) is 5.92 Å². The Labute approximate surface area is 130 Å². The molecule has 3 atom stereocenters. The fraction of sp³-hybridized carbons (Fsp3) is 1.00. The maximum Gasteiger partial charge on any atom is 0.517 e. The summed E-state index contributed by atoms with van der Waals surface area (Å²) in [6.07, 6.45) is 0.555. The Morgan fingerprint density at radius 2 is 1.33 bits per heavy atom. The fourth-order valence-electron chi connectivity index (χ4n) is 3.02. The lowest BCUT2D eigenvalue weighted by atomic mass is 9.77. The third kappa shape index (κ3) is 2.56. The lowest BCUT2D eigenvalue weighted by Crippen LogP contribution is -2.49. The smallest absolute Gasteiger partial charge is 0.400 e. The van der Waals surface area contributed by atoms with Crippen molar-refractivity contribution < 1.29 is 18.8 Å². The van der Waals surface area contributed by atoms with E-state index in [1.54, 1.807) is 0 Å². The zero-order valence-electron chi connectivity index (χ0n) is 15.1. The molecule has 0 saturated carbocycles. The summed E-state index contributed by atoms with van der Waals surface area (Å²) in [5.41, 5.74) is -1.47. The van der Waals surface area contributed by atoms with E-state index in [0.717, 1.165) is 6.42 Å². The molecule has 122 valence electrons. The Hall–Kier alpha value is -0.0951. The highest BCUT2D eigenvalue weighted by Crippen LogP contribution is 2.48. The molecule has 0 aromatic rings. The molecule has 0 aliphatic carbocycles. The van der Waals surface area contributed by atoms with Gasteiger partial charge in [-0.2, -0.15) is 0 Å². The largest absolute Gasteiger partial charge is 0.517 e. The van der Waals surface area contributed by atoms with Crippen LogP contribution in [0.25, 0.3) is 0 Å². The molecule has 0 aromatic heterocycles. The van der Waals surface area contributed by atoms with Crippen LogP contribution in [0.2, 0.25) is 0 Å². The van der Waals surface area contributed by atoms with E-state index in [-0.39, 0.29) is 22.4 Å². The van der Waals surface area contributed by atoms with Gasteiger partial charge < -0.3 is 18.8 Å². The molecular weight excluding hydrogens is 267 g/mol. The van der Waals surface area contributed by atoms with Crippen LogP contribution in [-0.4, -0.2) is 35.7 Å². The van der Waals surface area contributed by atoms with Gasteiger partial charge in [0.25, 0.3) is 0 Å². The van der Waals surface area contributed by atoms with Gasteiger partial charge in [0.2, 0.25) is 0 Å². The highest BCUT2D eigenvalue weighted by Gasteiger charge is 2.63. The summed E-state index contributed by atoms with van der Waals surface area (Å²) in [4.78, 5) is 0. The first-order valence-electron chi connectivity index (χ1n) is 8.07. The molecule has 21 heavy (non-hydrogen) atoms. The van der Waals surface area contributed by atoms with Gasteiger partial charge in [0.1, 0.15) is 0 Å². The number of hydrogen-bond donors (Lipinski definition) is 0. The van der Waals surface area contributed by atoms with Crippen molar-refractivity contribution in [3.05, 3.63) is 0 Å². The van der Waals surface area contributed by atoms with Crippen LogP contribution in [0.1, 0.15) is 68.7 Å². The lowest BCUT2D eigenvalue weighted by molar-refractivity contribution is -0.0743. The Morgan fingerprint density at radius 1 is 0.857 bits per heavy atom. The van der Waals surface area contributed by atoms with Crippen LogP contribution in [0.5, 0.6) is 0 Å². The summed E-state index contributed by atoms with van der Waals surface area (Å²) in [7, 11) is -0.486. The molecule has 0 bridgehead atoms. The molecule has 0 amide bonds. The van der Waals surface area contributed by atoms with Crippen LogP contribution in [0, 0.1) is 5.92 Å². The molecule has 5 heteroatoms. The van der Waals surface area contributed by atoms with E-state index in [4.69, 9.17) is 18.8 Å². The molecule has 3 unspecified atom stereocenters. The van der Waals surface area contributed by atoms with Crippen molar-refractivity contribution in [3.63, 3.8) is 0 Å². The fourth-order valence-corrected chi connectivity index (χ4v) is 3.02. The van der Waals surface area contributed by atoms with Gasteiger partial charge in [0.05, 0.1) is 22.4 Å². The van der Waals surface area contributed by atoms with E-state index < -0.39 is 13.3 Å². The minimum Gasteiger partial charge on any atom is -0.400 e. The average molecular weight is 298 g/mol. The van der Waals surface area contributed by atoms with Crippen LogP contribution in [0.4, 0.5) is 0 Å².